The van der Waals surface area contributed by atoms with Crippen LogP contribution >= 0.6 is 23.2 Å². The number of hydrogen-bond donors (Lipinski definition) is 1. The van der Waals surface area contributed by atoms with Crippen molar-refractivity contribution in [2.45, 2.75) is 89.4 Å². The zero-order valence-corrected chi connectivity index (χ0v) is 23.9. The van der Waals surface area contributed by atoms with Crippen molar-refractivity contribution in [2.24, 2.45) is 0 Å². The predicted octanol–water partition coefficient (Wildman–Crippen LogP) is 9.53. The summed E-state index contributed by atoms with van der Waals surface area (Å²) < 4.78 is 36.7. The molecule has 4 rings (SSSR count). The van der Waals surface area contributed by atoms with E-state index in [1.165, 1.54) is 16.3 Å². The number of nitrogens with one attached hydrogen (secondary N) is 1. The van der Waals surface area contributed by atoms with Crippen molar-refractivity contribution in [2.75, 3.05) is 18.0 Å². The van der Waals surface area contributed by atoms with E-state index in [1.807, 2.05) is 24.4 Å². The summed E-state index contributed by atoms with van der Waals surface area (Å²) in [6.07, 6.45) is 6.42. The Balaban J connectivity index is 1.24. The Kier molecular flexibility index (Phi) is 11.2. The molecule has 0 saturated carbocycles. The third kappa shape index (κ3) is 8.99. The number of unbranched alkanes of at least 4 members (excludes halogenated alkanes) is 6. The smallest absolute Gasteiger partial charge is 0.356 e. The van der Waals surface area contributed by atoms with Gasteiger partial charge in [-0.3, -0.25) is 0 Å². The van der Waals surface area contributed by atoms with E-state index in [9.17, 15) is 13.2 Å². The zero-order valence-electron chi connectivity index (χ0n) is 22.4. The summed E-state index contributed by atoms with van der Waals surface area (Å²) in [5.41, 5.74) is 2.37. The number of nitrogens with zero attached hydrogens (tertiary/aromatic N) is 2. The summed E-state index contributed by atoms with van der Waals surface area (Å²) in [4.78, 5) is 7.17. The van der Waals surface area contributed by atoms with Gasteiger partial charge >= 0.3 is 6.18 Å². The average molecular weight is 581 g/mol. The highest BCUT2D eigenvalue weighted by Crippen LogP contribution is 2.30. The monoisotopic (exact) mass is 579 g/mol. The number of alkyl halides is 3. The first-order valence-electron chi connectivity index (χ1n) is 14.2. The molecule has 212 valence electrons. The van der Waals surface area contributed by atoms with E-state index in [-0.39, 0.29) is 6.42 Å². The first-order valence-corrected chi connectivity index (χ1v) is 14.9. The Hall–Kier alpha value is -2.02. The standard InChI is InChI=1S/C31H38Cl2F3N3/c32-28-14-9-12-24(29(28)33)22-38-25-16-20-39(21-17-25)30-27-13-8-11-23(26(27)15-19-37-30)10-6-4-2-1-3-5-7-18-31(34,35)36/h8-9,11-15,19,25,38H,1-7,10,16-18,20-22H2. The van der Waals surface area contributed by atoms with Gasteiger partial charge in [0.25, 0.3) is 0 Å². The number of hydrogen-bond acceptors (Lipinski definition) is 3. The normalized spacial score (nSPS) is 14.8. The van der Waals surface area contributed by atoms with E-state index in [0.29, 0.717) is 29.1 Å². The quantitative estimate of drug-likeness (QED) is 0.204. The molecule has 39 heavy (non-hydrogen) atoms. The Morgan fingerprint density at radius 2 is 1.49 bits per heavy atom. The van der Waals surface area contributed by atoms with E-state index in [0.717, 1.165) is 75.8 Å². The molecule has 0 aliphatic carbocycles. The maximum absolute atomic E-state index is 12.2. The van der Waals surface area contributed by atoms with Crippen LogP contribution in [0.2, 0.25) is 10.0 Å². The minimum Gasteiger partial charge on any atom is -0.356 e. The molecule has 1 saturated heterocycles. The van der Waals surface area contributed by atoms with Crippen molar-refractivity contribution in [1.82, 2.24) is 10.3 Å². The first kappa shape index (κ1) is 30.0. The third-order valence-electron chi connectivity index (χ3n) is 7.69. The van der Waals surface area contributed by atoms with Crippen molar-refractivity contribution < 1.29 is 13.2 Å². The van der Waals surface area contributed by atoms with Crippen LogP contribution in [0.4, 0.5) is 19.0 Å². The van der Waals surface area contributed by atoms with Crippen LogP contribution in [0, 0.1) is 0 Å². The molecule has 1 aromatic heterocycles. The maximum atomic E-state index is 12.2. The van der Waals surface area contributed by atoms with Crippen molar-refractivity contribution in [3.05, 3.63) is 69.8 Å². The second-order valence-corrected chi connectivity index (χ2v) is 11.4. The fraction of sp³-hybridized carbons (Fsp3) is 0.516. The molecule has 1 N–H and O–H groups in total. The van der Waals surface area contributed by atoms with Gasteiger partial charge < -0.3 is 10.2 Å². The molecule has 2 heterocycles. The van der Waals surface area contributed by atoms with Crippen LogP contribution in [-0.4, -0.2) is 30.3 Å². The molecular weight excluding hydrogens is 542 g/mol. The number of piperidine rings is 1. The Bertz CT molecular complexity index is 1190. The molecule has 3 nitrogen and oxygen atoms in total. The maximum Gasteiger partial charge on any atom is 0.389 e. The lowest BCUT2D eigenvalue weighted by Crippen LogP contribution is -2.42. The fourth-order valence-electron chi connectivity index (χ4n) is 5.49. The van der Waals surface area contributed by atoms with Gasteiger partial charge in [0, 0.05) is 43.7 Å². The highest BCUT2D eigenvalue weighted by atomic mass is 35.5. The second kappa shape index (κ2) is 14.6. The second-order valence-electron chi connectivity index (χ2n) is 10.6. The molecule has 0 radical (unpaired) electrons. The number of anilines is 1. The highest BCUT2D eigenvalue weighted by Gasteiger charge is 2.25. The lowest BCUT2D eigenvalue weighted by molar-refractivity contribution is -0.135. The molecule has 0 unspecified atom stereocenters. The van der Waals surface area contributed by atoms with Gasteiger partial charge in [-0.25, -0.2) is 4.98 Å². The van der Waals surface area contributed by atoms with E-state index < -0.39 is 12.6 Å². The minimum atomic E-state index is -4.02. The van der Waals surface area contributed by atoms with Crippen LogP contribution < -0.4 is 10.2 Å². The van der Waals surface area contributed by atoms with E-state index in [1.54, 1.807) is 0 Å². The van der Waals surface area contributed by atoms with Gasteiger partial charge in [-0.2, -0.15) is 13.2 Å². The van der Waals surface area contributed by atoms with Crippen LogP contribution in [0.15, 0.2) is 48.7 Å². The zero-order chi connectivity index (χ0) is 27.7. The fourth-order valence-corrected chi connectivity index (χ4v) is 5.87. The predicted molar refractivity (Wildman–Crippen MR) is 157 cm³/mol. The van der Waals surface area contributed by atoms with Crippen LogP contribution in [0.1, 0.15) is 75.3 Å². The summed E-state index contributed by atoms with van der Waals surface area (Å²) in [7, 11) is 0. The number of aromatic nitrogens is 1. The summed E-state index contributed by atoms with van der Waals surface area (Å²) in [6.45, 7) is 2.60. The van der Waals surface area contributed by atoms with Crippen LogP contribution in [0.5, 0.6) is 0 Å². The van der Waals surface area contributed by atoms with Gasteiger partial charge in [-0.15, -0.1) is 0 Å². The molecular formula is C31H38Cl2F3N3. The van der Waals surface area contributed by atoms with Crippen LogP contribution in [0.3, 0.4) is 0 Å². The molecule has 0 atom stereocenters. The van der Waals surface area contributed by atoms with Crippen molar-refractivity contribution in [1.29, 1.82) is 0 Å². The molecule has 0 amide bonds. The molecule has 1 aliphatic heterocycles. The van der Waals surface area contributed by atoms with Gasteiger partial charge in [0.15, 0.2) is 0 Å². The number of rotatable bonds is 13. The molecule has 2 aromatic carbocycles. The van der Waals surface area contributed by atoms with Crippen LogP contribution in [0.25, 0.3) is 10.8 Å². The Morgan fingerprint density at radius 1 is 0.821 bits per heavy atom. The summed E-state index contributed by atoms with van der Waals surface area (Å²) in [6, 6.07) is 14.8. The van der Waals surface area contributed by atoms with Crippen molar-refractivity contribution >= 4 is 39.8 Å². The summed E-state index contributed by atoms with van der Waals surface area (Å²) >= 11 is 12.5. The van der Waals surface area contributed by atoms with E-state index in [2.05, 4.69) is 34.5 Å². The number of aryl methyl sites for hydroxylation is 1. The number of benzene rings is 2. The third-order valence-corrected chi connectivity index (χ3v) is 8.55. The highest BCUT2D eigenvalue weighted by molar-refractivity contribution is 6.42. The Morgan fingerprint density at radius 3 is 2.23 bits per heavy atom. The van der Waals surface area contributed by atoms with Crippen molar-refractivity contribution in [3.63, 3.8) is 0 Å². The van der Waals surface area contributed by atoms with Gasteiger partial charge in [0.1, 0.15) is 5.82 Å². The molecule has 1 fully saturated rings. The molecule has 0 spiro atoms. The minimum absolute atomic E-state index is 0.252. The van der Waals surface area contributed by atoms with E-state index >= 15 is 0 Å². The van der Waals surface area contributed by atoms with Gasteiger partial charge in [0.05, 0.1) is 10.0 Å². The largest absolute Gasteiger partial charge is 0.389 e. The van der Waals surface area contributed by atoms with Gasteiger partial charge in [-0.1, -0.05) is 85.6 Å². The van der Waals surface area contributed by atoms with Crippen molar-refractivity contribution in [3.8, 4) is 0 Å². The number of pyridine rings is 1. The van der Waals surface area contributed by atoms with E-state index in [4.69, 9.17) is 28.2 Å². The average Bonchev–Trinajstić information content (AvgIpc) is 2.92. The van der Waals surface area contributed by atoms with Gasteiger partial charge in [0.2, 0.25) is 0 Å². The summed E-state index contributed by atoms with van der Waals surface area (Å²) in [5.74, 6) is 1.06. The lowest BCUT2D eigenvalue weighted by Gasteiger charge is -2.34. The lowest BCUT2D eigenvalue weighted by atomic mass is 9.98. The SMILES string of the molecule is FC(F)(F)CCCCCCCCCc1cccc2c(N3CCC(NCc4cccc(Cl)c4Cl)CC3)nccc12. The molecule has 8 heteroatoms. The van der Waals surface area contributed by atoms with Gasteiger partial charge in [-0.05, 0) is 60.7 Å². The number of fused-ring (bicyclic) bond motifs is 1. The summed E-state index contributed by atoms with van der Waals surface area (Å²) in [5, 5.41) is 7.33. The topological polar surface area (TPSA) is 28.2 Å². The Labute approximate surface area is 240 Å². The molecule has 1 aliphatic rings. The molecule has 3 aromatic rings. The molecule has 0 bridgehead atoms. The van der Waals surface area contributed by atoms with Crippen LogP contribution in [-0.2, 0) is 13.0 Å². The number of halogens is 5. The first-order chi connectivity index (χ1) is 18.8.